The van der Waals surface area contributed by atoms with Crippen LogP contribution in [-0.4, -0.2) is 41.5 Å². The van der Waals surface area contributed by atoms with Gasteiger partial charge in [-0.25, -0.2) is 0 Å². The van der Waals surface area contributed by atoms with Crippen molar-refractivity contribution in [2.24, 2.45) is 0 Å². The van der Waals surface area contributed by atoms with Crippen LogP contribution in [0.3, 0.4) is 0 Å². The van der Waals surface area contributed by atoms with E-state index in [1.165, 1.54) is 31.4 Å². The average Bonchev–Trinajstić information content (AvgIpc) is 3.09. The molecule has 0 radical (unpaired) electrons. The first-order valence-corrected chi connectivity index (χ1v) is 8.86. The zero-order valence-corrected chi connectivity index (χ0v) is 12.7. The van der Waals surface area contributed by atoms with Gasteiger partial charge in [0, 0.05) is 5.25 Å². The summed E-state index contributed by atoms with van der Waals surface area (Å²) >= 11 is 8.30. The molecule has 3 rings (SSSR count). The van der Waals surface area contributed by atoms with Gasteiger partial charge in [0.05, 0.1) is 18.1 Å². The predicted molar refractivity (Wildman–Crippen MR) is 78.3 cm³/mol. The van der Waals surface area contributed by atoms with E-state index in [4.69, 9.17) is 21.2 Å². The third-order valence-electron chi connectivity index (χ3n) is 4.10. The molecule has 19 heavy (non-hydrogen) atoms. The molecular formula is C13H23ClN2O2S. The van der Waals surface area contributed by atoms with Gasteiger partial charge in [-0.3, -0.25) is 10.2 Å². The first-order valence-electron chi connectivity index (χ1n) is 7.37. The number of alkyl halides is 1. The van der Waals surface area contributed by atoms with Crippen LogP contribution in [0, 0.1) is 0 Å². The minimum atomic E-state index is 0.0944. The van der Waals surface area contributed by atoms with Crippen molar-refractivity contribution in [2.45, 2.75) is 67.6 Å². The van der Waals surface area contributed by atoms with E-state index in [-0.39, 0.29) is 23.9 Å². The van der Waals surface area contributed by atoms with Crippen LogP contribution in [0.15, 0.2) is 0 Å². The molecule has 1 saturated carbocycles. The molecule has 4 nitrogen and oxygen atoms in total. The third-order valence-corrected chi connectivity index (χ3v) is 6.04. The Morgan fingerprint density at radius 2 is 2.11 bits per heavy atom. The number of hydroxylamine groups is 1. The number of thioether (sulfide) groups is 1. The van der Waals surface area contributed by atoms with Gasteiger partial charge in [0.15, 0.2) is 0 Å². The number of nitrogens with one attached hydrogen (secondary N) is 2. The van der Waals surface area contributed by atoms with Crippen LogP contribution in [-0.2, 0) is 9.57 Å². The first kappa shape index (κ1) is 14.4. The highest BCUT2D eigenvalue weighted by molar-refractivity contribution is 8.00. The highest BCUT2D eigenvalue weighted by Gasteiger charge is 2.34. The summed E-state index contributed by atoms with van der Waals surface area (Å²) in [6, 6.07) is 0. The van der Waals surface area contributed by atoms with Gasteiger partial charge in [-0.05, 0) is 31.4 Å². The number of hydrogen-bond acceptors (Lipinski definition) is 5. The summed E-state index contributed by atoms with van der Waals surface area (Å²) < 4.78 is 5.95. The van der Waals surface area contributed by atoms with E-state index < -0.39 is 0 Å². The molecule has 2 N–H and O–H groups in total. The van der Waals surface area contributed by atoms with Gasteiger partial charge in [0.2, 0.25) is 0 Å². The summed E-state index contributed by atoms with van der Waals surface area (Å²) in [6.45, 7) is 0.627. The molecule has 0 aromatic carbocycles. The van der Waals surface area contributed by atoms with Gasteiger partial charge < -0.3 is 4.74 Å². The minimum absolute atomic E-state index is 0.0944. The fourth-order valence-electron chi connectivity index (χ4n) is 2.99. The predicted octanol–water partition coefficient (Wildman–Crippen LogP) is 2.23. The number of rotatable bonds is 4. The van der Waals surface area contributed by atoms with E-state index in [2.05, 4.69) is 10.8 Å². The van der Waals surface area contributed by atoms with E-state index in [9.17, 15) is 0 Å². The number of hydrogen-bond donors (Lipinski definition) is 2. The Bertz CT molecular complexity index is 292. The maximum Gasteiger partial charge on any atom is 0.142 e. The highest BCUT2D eigenvalue weighted by Crippen LogP contribution is 2.30. The van der Waals surface area contributed by atoms with Crippen LogP contribution >= 0.6 is 23.4 Å². The van der Waals surface area contributed by atoms with Crippen molar-refractivity contribution in [2.75, 3.05) is 12.4 Å². The van der Waals surface area contributed by atoms with Crippen LogP contribution in [0.2, 0.25) is 0 Å². The molecule has 2 saturated heterocycles. The van der Waals surface area contributed by atoms with Crippen molar-refractivity contribution in [3.8, 4) is 0 Å². The summed E-state index contributed by atoms with van der Waals surface area (Å²) in [4.78, 5) is 5.62. The topological polar surface area (TPSA) is 42.5 Å². The Morgan fingerprint density at radius 1 is 1.21 bits per heavy atom. The zero-order chi connectivity index (χ0) is 13.1. The Kier molecular flexibility index (Phi) is 5.28. The quantitative estimate of drug-likeness (QED) is 0.780. The Balaban J connectivity index is 1.39. The molecule has 5 atom stereocenters. The molecule has 0 aromatic heterocycles. The summed E-state index contributed by atoms with van der Waals surface area (Å²) in [7, 11) is 0. The van der Waals surface area contributed by atoms with Crippen LogP contribution < -0.4 is 10.8 Å². The van der Waals surface area contributed by atoms with E-state index in [0.29, 0.717) is 11.9 Å². The lowest BCUT2D eigenvalue weighted by Crippen LogP contribution is -2.42. The molecule has 0 amide bonds. The monoisotopic (exact) mass is 306 g/mol. The number of ether oxygens (including phenoxy) is 1. The summed E-state index contributed by atoms with van der Waals surface area (Å²) in [5.41, 5.74) is 3.05. The molecule has 1 aliphatic carbocycles. The second-order valence-electron chi connectivity index (χ2n) is 5.60. The Hall–Kier alpha value is 0.480. The molecular weight excluding hydrogens is 284 g/mol. The van der Waals surface area contributed by atoms with Gasteiger partial charge in [-0.15, -0.1) is 11.6 Å². The Labute approximate surface area is 124 Å². The molecule has 2 aliphatic heterocycles. The number of halogens is 1. The molecule has 5 unspecified atom stereocenters. The molecule has 3 fully saturated rings. The first-order chi connectivity index (χ1) is 9.33. The lowest BCUT2D eigenvalue weighted by atomic mass is 9.97. The molecule has 0 aromatic rings. The molecule has 3 aliphatic rings. The Morgan fingerprint density at radius 3 is 2.89 bits per heavy atom. The van der Waals surface area contributed by atoms with Crippen LogP contribution in [0.5, 0.6) is 0 Å². The fraction of sp³-hybridized carbons (Fsp3) is 1.00. The summed E-state index contributed by atoms with van der Waals surface area (Å²) in [5, 5.41) is 4.22. The van der Waals surface area contributed by atoms with Gasteiger partial charge in [0.25, 0.3) is 0 Å². The van der Waals surface area contributed by atoms with Crippen molar-refractivity contribution in [1.82, 2.24) is 10.8 Å². The lowest BCUT2D eigenvalue weighted by Gasteiger charge is -2.28. The van der Waals surface area contributed by atoms with Crippen molar-refractivity contribution in [3.05, 3.63) is 0 Å². The summed E-state index contributed by atoms with van der Waals surface area (Å²) in [5.74, 6) is 1.25. The van der Waals surface area contributed by atoms with E-state index in [1.54, 1.807) is 0 Å². The third kappa shape index (κ3) is 3.77. The molecule has 0 bridgehead atoms. The van der Waals surface area contributed by atoms with Crippen LogP contribution in [0.4, 0.5) is 0 Å². The molecule has 2 heterocycles. The maximum absolute atomic E-state index is 6.30. The second kappa shape index (κ2) is 6.96. The zero-order valence-electron chi connectivity index (χ0n) is 11.1. The molecule has 110 valence electrons. The largest absolute Gasteiger partial charge is 0.374 e. The normalized spacial score (nSPS) is 43.7. The van der Waals surface area contributed by atoms with E-state index >= 15 is 0 Å². The molecule has 0 spiro atoms. The van der Waals surface area contributed by atoms with Crippen molar-refractivity contribution >= 4 is 23.4 Å². The highest BCUT2D eigenvalue weighted by atomic mass is 35.5. The maximum atomic E-state index is 6.30. The standard InChI is InChI=1S/C13H23ClN2O2S/c14-9-4-1-2-5-10(9)17-8-12-15-13(18-16-12)11-6-3-7-19-11/h9-13,15-16H,1-8H2. The summed E-state index contributed by atoms with van der Waals surface area (Å²) in [6.07, 6.45) is 7.60. The van der Waals surface area contributed by atoms with E-state index in [0.717, 1.165) is 12.8 Å². The van der Waals surface area contributed by atoms with Gasteiger partial charge >= 0.3 is 0 Å². The SMILES string of the molecule is ClC1CCCCC1OCC1NOC(C2CCCS2)N1. The van der Waals surface area contributed by atoms with E-state index in [1.807, 2.05) is 11.8 Å². The van der Waals surface area contributed by atoms with Gasteiger partial charge in [-0.2, -0.15) is 17.2 Å². The fourth-order valence-corrected chi connectivity index (χ4v) is 4.62. The van der Waals surface area contributed by atoms with Crippen LogP contribution in [0.25, 0.3) is 0 Å². The average molecular weight is 307 g/mol. The lowest BCUT2D eigenvalue weighted by molar-refractivity contribution is -0.00951. The van der Waals surface area contributed by atoms with Crippen molar-refractivity contribution in [3.63, 3.8) is 0 Å². The smallest absolute Gasteiger partial charge is 0.142 e. The molecule has 6 heteroatoms. The van der Waals surface area contributed by atoms with Crippen LogP contribution in [0.1, 0.15) is 38.5 Å². The minimum Gasteiger partial charge on any atom is -0.374 e. The van der Waals surface area contributed by atoms with Gasteiger partial charge in [0.1, 0.15) is 12.4 Å². The second-order valence-corrected chi connectivity index (χ2v) is 7.51. The van der Waals surface area contributed by atoms with Crippen molar-refractivity contribution < 1.29 is 9.57 Å². The van der Waals surface area contributed by atoms with Crippen molar-refractivity contribution in [1.29, 1.82) is 0 Å². The van der Waals surface area contributed by atoms with Gasteiger partial charge in [-0.1, -0.05) is 12.8 Å².